The molecule has 0 unspecified atom stereocenters. The number of rotatable bonds is 8. The zero-order valence-electron chi connectivity index (χ0n) is 29.9. The first-order valence-corrected chi connectivity index (χ1v) is 25.8. The molecule has 2 aromatic rings. The Hall–Kier alpha value is 0.142. The van der Waals surface area contributed by atoms with Gasteiger partial charge in [-0.3, -0.25) is 0 Å². The molecule has 4 aliphatic rings. The van der Waals surface area contributed by atoms with Crippen LogP contribution < -0.4 is 20.4 Å². The van der Waals surface area contributed by atoms with Gasteiger partial charge >= 0.3 is 35.0 Å². The maximum absolute atomic E-state index is 4.81. The molecule has 2 aromatic carbocycles. The predicted octanol–water partition coefficient (Wildman–Crippen LogP) is 12.4. The zero-order chi connectivity index (χ0) is 33.4. The molecule has 2 nitrogen and oxygen atoms in total. The summed E-state index contributed by atoms with van der Waals surface area (Å²) in [5, 5.41) is 3.39. The van der Waals surface area contributed by atoms with E-state index in [0.717, 1.165) is 22.6 Å². The van der Waals surface area contributed by atoms with Gasteiger partial charge in [0.2, 0.25) is 0 Å². The first kappa shape index (κ1) is 39.9. The number of anilines is 2. The summed E-state index contributed by atoms with van der Waals surface area (Å²) < 4.78 is 0. The predicted molar refractivity (Wildman–Crippen MR) is 214 cm³/mol. The van der Waals surface area contributed by atoms with E-state index in [1.54, 1.807) is 10.6 Å². The molecule has 0 aliphatic heterocycles. The molecule has 7 heteroatoms. The van der Waals surface area contributed by atoms with Crippen molar-refractivity contribution in [2.24, 2.45) is 0 Å². The van der Waals surface area contributed by atoms with Crippen molar-refractivity contribution in [1.82, 2.24) is 0 Å². The van der Waals surface area contributed by atoms with Crippen LogP contribution in [0.2, 0.25) is 0 Å². The van der Waals surface area contributed by atoms with Crippen molar-refractivity contribution in [2.75, 3.05) is 38.0 Å². The minimum absolute atomic E-state index is 0.0577. The summed E-state index contributed by atoms with van der Waals surface area (Å²) in [6.45, 7) is 0. The monoisotopic (exact) mass is 810 g/mol. The fraction of sp³-hybridized carbons (Fsp3) is 0.700. The number of halogens is 2. The summed E-state index contributed by atoms with van der Waals surface area (Å²) >= 11 is -0.106. The third-order valence-corrected chi connectivity index (χ3v) is 18.2. The van der Waals surface area contributed by atoms with Gasteiger partial charge in [-0.15, -0.1) is 0 Å². The Balaban J connectivity index is 0.000000197. The fourth-order valence-corrected chi connectivity index (χ4v) is 16.3. The van der Waals surface area contributed by atoms with Crippen LogP contribution in [-0.4, -0.2) is 50.8 Å². The Morgan fingerprint density at radius 3 is 0.830 bits per heavy atom. The number of benzene rings is 2. The molecule has 0 atom stereocenters. The van der Waals surface area contributed by atoms with Crippen molar-refractivity contribution < 1.29 is 15.9 Å². The molecule has 0 aromatic heterocycles. The van der Waals surface area contributed by atoms with Crippen LogP contribution in [0.5, 0.6) is 0 Å². The summed E-state index contributed by atoms with van der Waals surface area (Å²) in [4.78, 5) is 4.43. The van der Waals surface area contributed by atoms with E-state index in [-0.39, 0.29) is 31.8 Å². The summed E-state index contributed by atoms with van der Waals surface area (Å²) in [6.07, 6.45) is 29.7. The van der Waals surface area contributed by atoms with Crippen molar-refractivity contribution in [3.63, 3.8) is 0 Å². The van der Waals surface area contributed by atoms with Gasteiger partial charge in [0, 0.05) is 39.6 Å². The van der Waals surface area contributed by atoms with E-state index in [0.29, 0.717) is 0 Å². The van der Waals surface area contributed by atoms with Gasteiger partial charge in [0.1, 0.15) is 0 Å². The van der Waals surface area contributed by atoms with E-state index in [9.17, 15) is 0 Å². The Morgan fingerprint density at radius 2 is 0.638 bits per heavy atom. The molecule has 6 rings (SSSR count). The Kier molecular flexibility index (Phi) is 18.8. The molecule has 0 bridgehead atoms. The van der Waals surface area contributed by atoms with Crippen LogP contribution in [0.15, 0.2) is 48.5 Å². The van der Waals surface area contributed by atoms with Crippen molar-refractivity contribution >= 4 is 56.9 Å². The topological polar surface area (TPSA) is 6.48 Å². The van der Waals surface area contributed by atoms with Gasteiger partial charge in [0.25, 0.3) is 0 Å². The molecule has 4 fully saturated rings. The van der Waals surface area contributed by atoms with E-state index in [2.05, 4.69) is 86.5 Å². The van der Waals surface area contributed by atoms with E-state index in [1.165, 1.54) is 140 Å². The molecule has 0 N–H and O–H groups in total. The van der Waals surface area contributed by atoms with Gasteiger partial charge < -0.3 is 9.80 Å². The molecule has 0 spiro atoms. The van der Waals surface area contributed by atoms with E-state index in [1.807, 2.05) is 0 Å². The molecule has 0 radical (unpaired) electrons. The average molecular weight is 812 g/mol. The van der Waals surface area contributed by atoms with Crippen LogP contribution in [0.25, 0.3) is 0 Å². The van der Waals surface area contributed by atoms with Gasteiger partial charge in [-0.1, -0.05) is 117 Å². The molecule has 0 heterocycles. The quantitative estimate of drug-likeness (QED) is 0.194. The Morgan fingerprint density at radius 1 is 0.426 bits per heavy atom. The van der Waals surface area contributed by atoms with Gasteiger partial charge in [-0.25, -0.2) is 0 Å². The third-order valence-electron chi connectivity index (χ3n) is 11.2. The summed E-state index contributed by atoms with van der Waals surface area (Å²) in [5.41, 5.74) is 6.72. The molecular formula is C40H64Cl2N2P2Pd. The third kappa shape index (κ3) is 12.7. The summed E-state index contributed by atoms with van der Waals surface area (Å²) in [6, 6.07) is 19.2. The average Bonchev–Trinajstić information content (AvgIpc) is 3.12. The SMILES string of the molecule is CN(C)c1ccc(P(C2CCCCC2)C2CCCCC2)cc1.CN(C)c1ccc(P(C2CCCCC2)C2CCCCC2)cc1.[Cl][Pd][Cl]. The van der Waals surface area contributed by atoms with E-state index in [4.69, 9.17) is 19.1 Å². The van der Waals surface area contributed by atoms with Gasteiger partial charge in [0.15, 0.2) is 0 Å². The van der Waals surface area contributed by atoms with Crippen LogP contribution in [0.4, 0.5) is 11.4 Å². The number of hydrogen-bond donors (Lipinski definition) is 0. The van der Waals surface area contributed by atoms with Crippen LogP contribution in [0.1, 0.15) is 128 Å². The molecule has 4 aliphatic carbocycles. The van der Waals surface area contributed by atoms with Crippen molar-refractivity contribution in [2.45, 2.75) is 151 Å². The Bertz CT molecular complexity index is 969. The molecule has 47 heavy (non-hydrogen) atoms. The zero-order valence-corrected chi connectivity index (χ0v) is 34.8. The summed E-state index contributed by atoms with van der Waals surface area (Å²) in [7, 11) is 18.3. The van der Waals surface area contributed by atoms with Crippen LogP contribution >= 0.6 is 34.9 Å². The second-order valence-corrected chi connectivity index (χ2v) is 22.8. The fourth-order valence-electron chi connectivity index (χ4n) is 8.72. The van der Waals surface area contributed by atoms with Gasteiger partial charge in [-0.05, 0) is 109 Å². The van der Waals surface area contributed by atoms with Crippen molar-refractivity contribution in [3.05, 3.63) is 48.5 Å². The molecule has 0 saturated heterocycles. The van der Waals surface area contributed by atoms with Crippen LogP contribution in [-0.2, 0) is 15.9 Å². The summed E-state index contributed by atoms with van der Waals surface area (Å²) in [5.74, 6) is 0. The van der Waals surface area contributed by atoms with Gasteiger partial charge in [0.05, 0.1) is 0 Å². The molecule has 4 saturated carbocycles. The first-order valence-electron chi connectivity index (χ1n) is 18.9. The normalized spacial score (nSPS) is 20.3. The standard InChI is InChI=1S/2C20H32NP.2ClH.Pd/c2*1-21(2)17-13-15-20(16-14-17)22(18-9-5-3-6-10-18)19-11-7-4-8-12-19;;;/h2*13-16,18-19H,3-12H2,1-2H3;2*1H;/q;;;;+2/p-2. The number of nitrogens with zero attached hydrogens (tertiary/aromatic N) is 2. The number of hydrogen-bond acceptors (Lipinski definition) is 2. The molecular weight excluding hydrogens is 748 g/mol. The second-order valence-electron chi connectivity index (χ2n) is 14.8. The second kappa shape index (κ2) is 22.2. The van der Waals surface area contributed by atoms with E-state index < -0.39 is 0 Å². The van der Waals surface area contributed by atoms with Gasteiger partial charge in [-0.2, -0.15) is 0 Å². The van der Waals surface area contributed by atoms with E-state index >= 15 is 0 Å². The van der Waals surface area contributed by atoms with Crippen molar-refractivity contribution in [1.29, 1.82) is 0 Å². The minimum atomic E-state index is -0.106. The maximum atomic E-state index is 4.81. The van der Waals surface area contributed by atoms with Crippen LogP contribution in [0, 0.1) is 0 Å². The molecule has 0 amide bonds. The molecule has 268 valence electrons. The van der Waals surface area contributed by atoms with Crippen molar-refractivity contribution in [3.8, 4) is 0 Å². The van der Waals surface area contributed by atoms with Crippen LogP contribution in [0.3, 0.4) is 0 Å². The Labute approximate surface area is 308 Å². The first-order chi connectivity index (χ1) is 22.9.